The summed E-state index contributed by atoms with van der Waals surface area (Å²) in [6, 6.07) is 7.83. The zero-order chi connectivity index (χ0) is 21.3. The number of fused-ring (bicyclic) bond motifs is 1. The van der Waals surface area contributed by atoms with Crippen LogP contribution in [0, 0.1) is 6.92 Å². The molecule has 166 valence electrons. The molecule has 0 radical (unpaired) electrons. The van der Waals surface area contributed by atoms with E-state index in [2.05, 4.69) is 20.6 Å². The van der Waals surface area contributed by atoms with Gasteiger partial charge in [0, 0.05) is 24.3 Å². The maximum Gasteiger partial charge on any atom is 0.433 e. The monoisotopic (exact) mass is 453 g/mol. The third-order valence-electron chi connectivity index (χ3n) is 5.34. The topological polar surface area (TPSA) is 71.8 Å². The van der Waals surface area contributed by atoms with Crippen LogP contribution in [0.4, 0.5) is 19.1 Å². The van der Waals surface area contributed by atoms with Crippen molar-refractivity contribution in [3.8, 4) is 0 Å². The lowest BCUT2D eigenvalue weighted by molar-refractivity contribution is -0.141. The first-order valence-corrected chi connectivity index (χ1v) is 9.87. The summed E-state index contributed by atoms with van der Waals surface area (Å²) >= 11 is 0. The average Bonchev–Trinajstić information content (AvgIpc) is 2.88. The van der Waals surface area contributed by atoms with Crippen LogP contribution in [-0.2, 0) is 6.18 Å². The largest absolute Gasteiger partial charge is 0.433 e. The van der Waals surface area contributed by atoms with Crippen molar-refractivity contribution in [2.24, 2.45) is 0 Å². The Morgan fingerprint density at radius 2 is 2.06 bits per heavy atom. The zero-order valence-electron chi connectivity index (χ0n) is 16.9. The van der Waals surface area contributed by atoms with E-state index in [-0.39, 0.29) is 24.0 Å². The van der Waals surface area contributed by atoms with Crippen LogP contribution in [0.25, 0.3) is 11.0 Å². The summed E-state index contributed by atoms with van der Waals surface area (Å²) in [7, 11) is 0. The number of nitrogens with one attached hydrogen (secondary N) is 2. The number of pyridine rings is 1. The average molecular weight is 454 g/mol. The molecule has 1 saturated heterocycles. The summed E-state index contributed by atoms with van der Waals surface area (Å²) < 4.78 is 40.9. The van der Waals surface area contributed by atoms with Gasteiger partial charge in [0.15, 0.2) is 0 Å². The summed E-state index contributed by atoms with van der Waals surface area (Å²) in [5.41, 5.74) is 1.46. The number of nitrogens with zero attached hydrogens (tertiary/aromatic N) is 3. The number of benzene rings is 1. The van der Waals surface area contributed by atoms with E-state index in [4.69, 9.17) is 0 Å². The number of halogens is 4. The Balaban J connectivity index is 0.00000272. The third-order valence-corrected chi connectivity index (χ3v) is 5.34. The predicted octanol–water partition coefficient (Wildman–Crippen LogP) is 4.75. The summed E-state index contributed by atoms with van der Waals surface area (Å²) in [6.07, 6.45) is -0.604. The van der Waals surface area contributed by atoms with Crippen molar-refractivity contribution in [1.82, 2.24) is 19.9 Å². The molecule has 1 aromatic carbocycles. The molecule has 0 bridgehead atoms. The van der Waals surface area contributed by atoms with Gasteiger partial charge in [0.1, 0.15) is 5.69 Å². The van der Waals surface area contributed by atoms with Gasteiger partial charge in [-0.15, -0.1) is 12.4 Å². The van der Waals surface area contributed by atoms with Gasteiger partial charge in [0.25, 0.3) is 5.91 Å². The fourth-order valence-electron chi connectivity index (χ4n) is 3.89. The molecule has 31 heavy (non-hydrogen) atoms. The number of anilines is 1. The molecule has 4 rings (SSSR count). The van der Waals surface area contributed by atoms with Gasteiger partial charge in [-0.3, -0.25) is 15.1 Å². The minimum absolute atomic E-state index is 0. The van der Waals surface area contributed by atoms with Crippen molar-refractivity contribution in [2.45, 2.75) is 38.4 Å². The molecule has 6 nitrogen and oxygen atoms in total. The van der Waals surface area contributed by atoms with Gasteiger partial charge in [-0.1, -0.05) is 18.6 Å². The molecule has 0 unspecified atom stereocenters. The van der Waals surface area contributed by atoms with Crippen LogP contribution in [0.1, 0.15) is 46.9 Å². The van der Waals surface area contributed by atoms with E-state index < -0.39 is 17.8 Å². The smallest absolute Gasteiger partial charge is 0.315 e. The third kappa shape index (κ3) is 4.83. The van der Waals surface area contributed by atoms with Crippen molar-refractivity contribution in [1.29, 1.82) is 0 Å². The second-order valence-electron chi connectivity index (χ2n) is 7.48. The van der Waals surface area contributed by atoms with Gasteiger partial charge in [-0.2, -0.15) is 13.2 Å². The number of carbonyl (C=O) groups is 1. The Kier molecular flexibility index (Phi) is 6.86. The number of para-hydroxylation sites is 1. The molecule has 0 spiro atoms. The number of hydrogen-bond donors (Lipinski definition) is 2. The Morgan fingerprint density at radius 1 is 1.26 bits per heavy atom. The van der Waals surface area contributed by atoms with Gasteiger partial charge < -0.3 is 9.88 Å². The van der Waals surface area contributed by atoms with Crippen molar-refractivity contribution < 1.29 is 18.0 Å². The van der Waals surface area contributed by atoms with Crippen LogP contribution < -0.4 is 10.6 Å². The maximum absolute atomic E-state index is 13.0. The molecule has 0 aliphatic carbocycles. The van der Waals surface area contributed by atoms with Crippen molar-refractivity contribution in [3.05, 3.63) is 53.3 Å². The summed E-state index contributed by atoms with van der Waals surface area (Å²) in [5.74, 6) is -0.318. The minimum atomic E-state index is -4.62. The number of imidazole rings is 1. The number of carbonyl (C=O) groups excluding carboxylic acids is 1. The number of amides is 1. The highest BCUT2D eigenvalue weighted by Gasteiger charge is 2.33. The van der Waals surface area contributed by atoms with E-state index in [9.17, 15) is 18.0 Å². The van der Waals surface area contributed by atoms with Crippen molar-refractivity contribution >= 4 is 35.3 Å². The van der Waals surface area contributed by atoms with E-state index in [1.165, 1.54) is 6.07 Å². The molecule has 3 heterocycles. The second kappa shape index (κ2) is 9.23. The lowest BCUT2D eigenvalue weighted by atomic mass is 10.1. The molecule has 10 heteroatoms. The van der Waals surface area contributed by atoms with Gasteiger partial charge in [-0.05, 0) is 50.1 Å². The first-order chi connectivity index (χ1) is 14.3. The van der Waals surface area contributed by atoms with E-state index in [1.54, 1.807) is 0 Å². The number of alkyl halides is 3. The first kappa shape index (κ1) is 23.0. The van der Waals surface area contributed by atoms with Gasteiger partial charge in [-0.25, -0.2) is 4.98 Å². The molecule has 3 aromatic rings. The van der Waals surface area contributed by atoms with Gasteiger partial charge >= 0.3 is 6.18 Å². The highest BCUT2D eigenvalue weighted by Crippen LogP contribution is 2.31. The number of rotatable bonds is 3. The summed E-state index contributed by atoms with van der Waals surface area (Å²) in [5, 5.41) is 6.14. The Hall–Kier alpha value is -2.65. The molecule has 1 fully saturated rings. The number of aryl methyl sites for hydroxylation is 1. The molecular formula is C21H23ClF3N5O. The van der Waals surface area contributed by atoms with Crippen LogP contribution in [0.5, 0.6) is 0 Å². The molecule has 2 aromatic heterocycles. The second-order valence-corrected chi connectivity index (χ2v) is 7.48. The Labute approximate surface area is 183 Å². The SMILES string of the molecule is Cc1cccc2nc(NC(=O)c3ccnc(C(F)(F)F)c3)n([C@@H]3CCCCNC3)c12.Cl. The number of hydrogen-bond acceptors (Lipinski definition) is 4. The molecular weight excluding hydrogens is 431 g/mol. The summed E-state index contributed by atoms with van der Waals surface area (Å²) in [4.78, 5) is 20.7. The lowest BCUT2D eigenvalue weighted by Gasteiger charge is -2.21. The molecule has 2 N–H and O–H groups in total. The van der Waals surface area contributed by atoms with E-state index in [0.29, 0.717) is 5.95 Å². The Morgan fingerprint density at radius 3 is 2.84 bits per heavy atom. The molecule has 1 atom stereocenters. The normalized spacial score (nSPS) is 17.1. The fraction of sp³-hybridized carbons (Fsp3) is 0.381. The van der Waals surface area contributed by atoms with Crippen molar-refractivity contribution in [2.75, 3.05) is 18.4 Å². The standard InChI is InChI=1S/C21H22F3N5O.ClH/c1-13-5-4-7-16-18(13)29(15-6-2-3-9-25-12-15)20(27-16)28-19(30)14-8-10-26-17(11-14)21(22,23)24;/h4-5,7-8,10-11,15,25H,2-3,6,9,12H2,1H3,(H,27,28,30);1H/t15-;/m1./s1. The number of aromatic nitrogens is 3. The molecule has 1 aliphatic rings. The predicted molar refractivity (Wildman–Crippen MR) is 115 cm³/mol. The van der Waals surface area contributed by atoms with Crippen LogP contribution in [0.15, 0.2) is 36.5 Å². The van der Waals surface area contributed by atoms with E-state index in [1.807, 2.05) is 29.7 Å². The highest BCUT2D eigenvalue weighted by molar-refractivity contribution is 6.04. The van der Waals surface area contributed by atoms with Crippen molar-refractivity contribution in [3.63, 3.8) is 0 Å². The first-order valence-electron chi connectivity index (χ1n) is 9.87. The molecule has 0 saturated carbocycles. The van der Waals surface area contributed by atoms with E-state index in [0.717, 1.165) is 61.2 Å². The minimum Gasteiger partial charge on any atom is -0.315 e. The van der Waals surface area contributed by atoms with E-state index >= 15 is 0 Å². The quantitative estimate of drug-likeness (QED) is 0.600. The molecule has 1 amide bonds. The van der Waals surface area contributed by atoms with Crippen LogP contribution in [-0.4, -0.2) is 33.5 Å². The van der Waals surface area contributed by atoms with Crippen LogP contribution >= 0.6 is 12.4 Å². The van der Waals surface area contributed by atoms with Crippen LogP contribution in [0.2, 0.25) is 0 Å². The highest BCUT2D eigenvalue weighted by atomic mass is 35.5. The van der Waals surface area contributed by atoms with Crippen LogP contribution in [0.3, 0.4) is 0 Å². The Bertz CT molecular complexity index is 1070. The maximum atomic E-state index is 13.0. The fourth-order valence-corrected chi connectivity index (χ4v) is 3.89. The van der Waals surface area contributed by atoms with Gasteiger partial charge in [0.05, 0.1) is 11.0 Å². The van der Waals surface area contributed by atoms with Gasteiger partial charge in [0.2, 0.25) is 5.95 Å². The summed E-state index contributed by atoms with van der Waals surface area (Å²) in [6.45, 7) is 3.64. The lowest BCUT2D eigenvalue weighted by Crippen LogP contribution is -2.26. The molecule has 1 aliphatic heterocycles. The zero-order valence-corrected chi connectivity index (χ0v) is 17.7.